The number of carbonyl (C=O) groups excluding carboxylic acids is 1. The minimum Gasteiger partial charge on any atom is -0.354 e. The topological polar surface area (TPSA) is 63.5 Å². The minimum absolute atomic E-state index is 0.133. The van der Waals surface area contributed by atoms with E-state index in [1.54, 1.807) is 13.0 Å². The van der Waals surface area contributed by atoms with E-state index in [4.69, 9.17) is 0 Å². The molecule has 0 saturated heterocycles. The Balaban J connectivity index is 1.79. The molecule has 4 rings (SSSR count). The molecule has 3 aromatic rings. The largest absolute Gasteiger partial charge is 0.416 e. The lowest BCUT2D eigenvalue weighted by Gasteiger charge is -2.13. The second-order valence-corrected chi connectivity index (χ2v) is 8.33. The van der Waals surface area contributed by atoms with Crippen LogP contribution in [0.25, 0.3) is 4.96 Å². The first-order chi connectivity index (χ1) is 13.7. The second-order valence-electron chi connectivity index (χ2n) is 7.15. The van der Waals surface area contributed by atoms with Crippen molar-refractivity contribution in [1.82, 2.24) is 14.7 Å². The number of nitrogens with zero attached hydrogens (tertiary/aromatic N) is 2. The molecule has 0 radical (unpaired) electrons. The van der Waals surface area contributed by atoms with Gasteiger partial charge in [0.2, 0.25) is 0 Å². The van der Waals surface area contributed by atoms with Gasteiger partial charge in [-0.15, -0.1) is 11.3 Å². The van der Waals surface area contributed by atoms with E-state index in [2.05, 4.69) is 10.3 Å². The van der Waals surface area contributed by atoms with Crippen molar-refractivity contribution in [2.75, 3.05) is 7.05 Å². The average molecular weight is 421 g/mol. The maximum absolute atomic E-state index is 13.2. The molecule has 1 amide bonds. The molecule has 1 aliphatic carbocycles. The van der Waals surface area contributed by atoms with Gasteiger partial charge in [0.1, 0.15) is 5.69 Å². The first-order valence-corrected chi connectivity index (χ1v) is 9.95. The maximum Gasteiger partial charge on any atom is 0.416 e. The van der Waals surface area contributed by atoms with Gasteiger partial charge in [-0.05, 0) is 48.9 Å². The summed E-state index contributed by atoms with van der Waals surface area (Å²) >= 11 is 1.20. The summed E-state index contributed by atoms with van der Waals surface area (Å²) in [6.45, 7) is 1.72. The van der Waals surface area contributed by atoms with Gasteiger partial charge in [-0.3, -0.25) is 9.59 Å². The Hall–Kier alpha value is -2.68. The van der Waals surface area contributed by atoms with Gasteiger partial charge in [0.25, 0.3) is 11.5 Å². The Bertz CT molecular complexity index is 1180. The maximum atomic E-state index is 13.2. The third-order valence-corrected chi connectivity index (χ3v) is 6.00. The SMILES string of the molecule is CNC(=O)c1c(C)sc2nc(Cc3cc(C(F)(F)F)ccc3C3CC3)cc(=O)n12. The number of amides is 1. The van der Waals surface area contributed by atoms with Crippen LogP contribution >= 0.6 is 11.3 Å². The summed E-state index contributed by atoms with van der Waals surface area (Å²) in [5.74, 6) is -0.125. The van der Waals surface area contributed by atoms with Crippen LogP contribution in [0.4, 0.5) is 13.2 Å². The molecule has 29 heavy (non-hydrogen) atoms. The van der Waals surface area contributed by atoms with Crippen molar-refractivity contribution >= 4 is 22.2 Å². The van der Waals surface area contributed by atoms with Crippen molar-refractivity contribution < 1.29 is 18.0 Å². The second kappa shape index (κ2) is 6.98. The zero-order valence-electron chi connectivity index (χ0n) is 15.8. The molecular formula is C20H18F3N3O2S. The highest BCUT2D eigenvalue weighted by Gasteiger charge is 2.33. The van der Waals surface area contributed by atoms with E-state index < -0.39 is 17.3 Å². The van der Waals surface area contributed by atoms with Crippen LogP contribution in [0.2, 0.25) is 0 Å². The molecule has 1 N–H and O–H groups in total. The van der Waals surface area contributed by atoms with Gasteiger partial charge >= 0.3 is 6.18 Å². The van der Waals surface area contributed by atoms with E-state index in [0.717, 1.165) is 30.5 Å². The minimum atomic E-state index is -4.43. The predicted octanol–water partition coefficient (Wildman–Crippen LogP) is 3.91. The number of alkyl halides is 3. The number of aryl methyl sites for hydroxylation is 1. The highest BCUT2D eigenvalue weighted by atomic mass is 32.1. The molecule has 2 heterocycles. The molecule has 152 valence electrons. The van der Waals surface area contributed by atoms with Crippen LogP contribution in [0.5, 0.6) is 0 Å². The van der Waals surface area contributed by atoms with Gasteiger partial charge in [0.05, 0.1) is 11.3 Å². The Morgan fingerprint density at radius 3 is 2.66 bits per heavy atom. The number of rotatable bonds is 4. The summed E-state index contributed by atoms with van der Waals surface area (Å²) < 4.78 is 40.8. The lowest BCUT2D eigenvalue weighted by Crippen LogP contribution is -2.25. The molecule has 1 saturated carbocycles. The van der Waals surface area contributed by atoms with Gasteiger partial charge in [-0.25, -0.2) is 9.38 Å². The number of benzene rings is 1. The van der Waals surface area contributed by atoms with Crippen molar-refractivity contribution in [2.24, 2.45) is 0 Å². The zero-order valence-corrected chi connectivity index (χ0v) is 16.6. The number of hydrogen-bond donors (Lipinski definition) is 1. The Labute approximate surface area is 168 Å². The van der Waals surface area contributed by atoms with Crippen LogP contribution in [-0.2, 0) is 12.6 Å². The standard InChI is InChI=1S/C20H18F3N3O2S/c1-10-17(18(28)24-2)26-16(27)9-14(25-19(26)29-10)8-12-7-13(20(21,22)23)5-6-15(12)11-3-4-11/h5-7,9,11H,3-4,8H2,1-2H3,(H,24,28). The highest BCUT2D eigenvalue weighted by Crippen LogP contribution is 2.43. The van der Waals surface area contributed by atoms with Gasteiger partial charge in [0.15, 0.2) is 4.96 Å². The quantitative estimate of drug-likeness (QED) is 0.695. The molecule has 1 fully saturated rings. The van der Waals surface area contributed by atoms with E-state index in [9.17, 15) is 22.8 Å². The van der Waals surface area contributed by atoms with E-state index in [0.29, 0.717) is 21.1 Å². The smallest absolute Gasteiger partial charge is 0.354 e. The van der Waals surface area contributed by atoms with Crippen molar-refractivity contribution in [3.8, 4) is 0 Å². The lowest BCUT2D eigenvalue weighted by molar-refractivity contribution is -0.137. The van der Waals surface area contributed by atoms with Crippen LogP contribution in [0.1, 0.15) is 56.5 Å². The summed E-state index contributed by atoms with van der Waals surface area (Å²) in [4.78, 5) is 30.2. The summed E-state index contributed by atoms with van der Waals surface area (Å²) in [6.07, 6.45) is -2.39. The van der Waals surface area contributed by atoms with E-state index in [-0.39, 0.29) is 23.9 Å². The highest BCUT2D eigenvalue weighted by molar-refractivity contribution is 7.17. The van der Waals surface area contributed by atoms with Gasteiger partial charge < -0.3 is 5.32 Å². The molecular weight excluding hydrogens is 403 g/mol. The number of thiazole rings is 1. The third-order valence-electron chi connectivity index (χ3n) is 5.04. The molecule has 0 atom stereocenters. The Morgan fingerprint density at radius 2 is 2.03 bits per heavy atom. The fourth-order valence-electron chi connectivity index (χ4n) is 3.52. The number of nitrogens with one attached hydrogen (secondary N) is 1. The monoisotopic (exact) mass is 421 g/mol. The predicted molar refractivity (Wildman–Crippen MR) is 104 cm³/mol. The lowest BCUT2D eigenvalue weighted by atomic mass is 9.96. The summed E-state index contributed by atoms with van der Waals surface area (Å²) in [6, 6.07) is 5.11. The first-order valence-electron chi connectivity index (χ1n) is 9.13. The molecule has 0 spiro atoms. The molecule has 0 bridgehead atoms. The van der Waals surface area contributed by atoms with Crippen LogP contribution < -0.4 is 10.9 Å². The van der Waals surface area contributed by atoms with Crippen molar-refractivity contribution in [3.05, 3.63) is 67.6 Å². The molecule has 1 aromatic carbocycles. The third kappa shape index (κ3) is 3.66. The number of carbonyl (C=O) groups is 1. The van der Waals surface area contributed by atoms with E-state index in [1.807, 2.05) is 0 Å². The normalized spacial score (nSPS) is 14.4. The Morgan fingerprint density at radius 1 is 1.31 bits per heavy atom. The van der Waals surface area contributed by atoms with Crippen LogP contribution in [-0.4, -0.2) is 22.3 Å². The fraction of sp³-hybridized carbons (Fsp3) is 0.350. The summed E-state index contributed by atoms with van der Waals surface area (Å²) in [5.41, 5.74) is 0.915. The average Bonchev–Trinajstić information content (AvgIpc) is 3.42. The number of hydrogen-bond acceptors (Lipinski definition) is 4. The van der Waals surface area contributed by atoms with Crippen LogP contribution in [0, 0.1) is 6.92 Å². The van der Waals surface area contributed by atoms with Crippen molar-refractivity contribution in [1.29, 1.82) is 0 Å². The molecule has 1 aliphatic rings. The molecule has 0 unspecified atom stereocenters. The first kappa shape index (κ1) is 19.6. The van der Waals surface area contributed by atoms with Crippen molar-refractivity contribution in [2.45, 2.75) is 38.3 Å². The Kier molecular flexibility index (Phi) is 4.72. The van der Waals surface area contributed by atoms with Gasteiger partial charge in [0, 0.05) is 24.4 Å². The summed E-state index contributed by atoms with van der Waals surface area (Å²) in [5, 5.41) is 2.50. The number of fused-ring (bicyclic) bond motifs is 1. The van der Waals surface area contributed by atoms with E-state index >= 15 is 0 Å². The molecule has 2 aromatic heterocycles. The fourth-order valence-corrected chi connectivity index (χ4v) is 4.51. The van der Waals surface area contributed by atoms with Crippen LogP contribution in [0.15, 0.2) is 29.1 Å². The van der Waals surface area contributed by atoms with Crippen LogP contribution in [0.3, 0.4) is 0 Å². The molecule has 9 heteroatoms. The van der Waals surface area contributed by atoms with E-state index in [1.165, 1.54) is 28.9 Å². The number of halogens is 3. The summed E-state index contributed by atoms with van der Waals surface area (Å²) in [7, 11) is 1.48. The zero-order chi connectivity index (χ0) is 20.9. The van der Waals surface area contributed by atoms with Gasteiger partial charge in [-0.1, -0.05) is 6.07 Å². The number of aromatic nitrogens is 2. The molecule has 0 aliphatic heterocycles. The molecule has 5 nitrogen and oxygen atoms in total. The van der Waals surface area contributed by atoms with Crippen molar-refractivity contribution in [3.63, 3.8) is 0 Å². The van der Waals surface area contributed by atoms with Gasteiger partial charge in [-0.2, -0.15) is 13.2 Å².